The maximum Gasteiger partial charge on any atom is 0.224 e. The van der Waals surface area contributed by atoms with Crippen LogP contribution in [-0.4, -0.2) is 40.4 Å². The zero-order valence-corrected chi connectivity index (χ0v) is 9.03. The van der Waals surface area contributed by atoms with E-state index >= 15 is 0 Å². The SMILES string of the molecule is Cc1cc(NC2COCC2O)nc(Cl)n1. The van der Waals surface area contributed by atoms with Crippen molar-refractivity contribution < 1.29 is 9.84 Å². The second kappa shape index (κ2) is 4.30. The fraction of sp³-hybridized carbons (Fsp3) is 0.556. The lowest BCUT2D eigenvalue weighted by Gasteiger charge is -2.15. The molecule has 0 aromatic carbocycles. The number of aliphatic hydroxyl groups is 1. The maximum absolute atomic E-state index is 9.52. The summed E-state index contributed by atoms with van der Waals surface area (Å²) in [5.74, 6) is 0.613. The van der Waals surface area contributed by atoms with Crippen molar-refractivity contribution in [2.75, 3.05) is 18.5 Å². The summed E-state index contributed by atoms with van der Waals surface area (Å²) in [5, 5.41) is 12.8. The first kappa shape index (κ1) is 10.6. The molecule has 0 amide bonds. The van der Waals surface area contributed by atoms with Gasteiger partial charge in [0, 0.05) is 11.8 Å². The second-order valence-electron chi connectivity index (χ2n) is 3.52. The summed E-state index contributed by atoms with van der Waals surface area (Å²) in [5.41, 5.74) is 0.783. The van der Waals surface area contributed by atoms with Crippen molar-refractivity contribution in [1.82, 2.24) is 9.97 Å². The fourth-order valence-electron chi connectivity index (χ4n) is 1.48. The number of anilines is 1. The normalized spacial score (nSPS) is 25.5. The number of hydrogen-bond donors (Lipinski definition) is 2. The van der Waals surface area contributed by atoms with Crippen molar-refractivity contribution in [2.24, 2.45) is 0 Å². The van der Waals surface area contributed by atoms with E-state index in [9.17, 15) is 5.11 Å². The molecule has 2 N–H and O–H groups in total. The van der Waals surface area contributed by atoms with Crippen molar-refractivity contribution in [3.8, 4) is 0 Å². The van der Waals surface area contributed by atoms with Crippen LogP contribution in [0.5, 0.6) is 0 Å². The van der Waals surface area contributed by atoms with Gasteiger partial charge < -0.3 is 15.2 Å². The zero-order chi connectivity index (χ0) is 10.8. The van der Waals surface area contributed by atoms with Crippen molar-refractivity contribution in [3.05, 3.63) is 17.0 Å². The molecule has 1 aliphatic heterocycles. The van der Waals surface area contributed by atoms with Gasteiger partial charge in [0.2, 0.25) is 5.28 Å². The molecule has 15 heavy (non-hydrogen) atoms. The van der Waals surface area contributed by atoms with Gasteiger partial charge in [-0.15, -0.1) is 0 Å². The lowest BCUT2D eigenvalue weighted by molar-refractivity contribution is 0.125. The fourth-order valence-corrected chi connectivity index (χ4v) is 1.70. The molecule has 2 atom stereocenters. The average molecular weight is 230 g/mol. The van der Waals surface area contributed by atoms with E-state index < -0.39 is 6.10 Å². The van der Waals surface area contributed by atoms with E-state index in [-0.39, 0.29) is 11.3 Å². The van der Waals surface area contributed by atoms with Gasteiger partial charge in [-0.3, -0.25) is 0 Å². The molecular formula is C9H12ClN3O2. The van der Waals surface area contributed by atoms with E-state index in [0.29, 0.717) is 19.0 Å². The van der Waals surface area contributed by atoms with Gasteiger partial charge in [-0.25, -0.2) is 9.97 Å². The number of nitrogens with one attached hydrogen (secondary N) is 1. The quantitative estimate of drug-likeness (QED) is 0.728. The first-order valence-electron chi connectivity index (χ1n) is 4.68. The van der Waals surface area contributed by atoms with Gasteiger partial charge in [-0.2, -0.15) is 0 Å². The van der Waals surface area contributed by atoms with Gasteiger partial charge in [-0.05, 0) is 18.5 Å². The number of nitrogens with zero attached hydrogens (tertiary/aromatic N) is 2. The molecule has 0 radical (unpaired) electrons. The minimum Gasteiger partial charge on any atom is -0.388 e. The van der Waals surface area contributed by atoms with Gasteiger partial charge in [0.15, 0.2) is 0 Å². The molecule has 5 nitrogen and oxygen atoms in total. The van der Waals surface area contributed by atoms with Gasteiger partial charge >= 0.3 is 0 Å². The molecule has 6 heteroatoms. The Morgan fingerprint density at radius 1 is 1.53 bits per heavy atom. The van der Waals surface area contributed by atoms with E-state index in [4.69, 9.17) is 16.3 Å². The highest BCUT2D eigenvalue weighted by Crippen LogP contribution is 2.14. The summed E-state index contributed by atoms with van der Waals surface area (Å²) in [6.45, 7) is 2.66. The van der Waals surface area contributed by atoms with E-state index in [1.54, 1.807) is 6.07 Å². The van der Waals surface area contributed by atoms with Crippen molar-refractivity contribution in [1.29, 1.82) is 0 Å². The Hall–Kier alpha value is -0.910. The number of rotatable bonds is 2. The Morgan fingerprint density at radius 2 is 2.33 bits per heavy atom. The standard InChI is InChI=1S/C9H12ClN3O2/c1-5-2-8(13-9(10)11-5)12-6-3-15-4-7(6)14/h2,6-7,14H,3-4H2,1H3,(H,11,12,13). The van der Waals surface area contributed by atoms with Crippen molar-refractivity contribution in [3.63, 3.8) is 0 Å². The summed E-state index contributed by atoms with van der Waals surface area (Å²) >= 11 is 5.72. The molecule has 2 unspecified atom stereocenters. The van der Waals surface area contributed by atoms with Crippen LogP contribution in [0, 0.1) is 6.92 Å². The number of halogens is 1. The molecule has 0 bridgehead atoms. The highest BCUT2D eigenvalue weighted by atomic mass is 35.5. The Morgan fingerprint density at radius 3 is 2.93 bits per heavy atom. The number of aliphatic hydroxyl groups excluding tert-OH is 1. The highest BCUT2D eigenvalue weighted by molar-refractivity contribution is 6.28. The van der Waals surface area contributed by atoms with Gasteiger partial charge in [-0.1, -0.05) is 0 Å². The summed E-state index contributed by atoms with van der Waals surface area (Å²) < 4.78 is 5.11. The Bertz CT molecular complexity index is 341. The zero-order valence-electron chi connectivity index (χ0n) is 8.27. The summed E-state index contributed by atoms with van der Waals surface area (Å²) in [6, 6.07) is 1.65. The van der Waals surface area contributed by atoms with Gasteiger partial charge in [0.05, 0.1) is 25.4 Å². The van der Waals surface area contributed by atoms with Crippen LogP contribution in [0.25, 0.3) is 0 Å². The predicted molar refractivity (Wildman–Crippen MR) is 56.0 cm³/mol. The Kier molecular flexibility index (Phi) is 3.04. The predicted octanol–water partition coefficient (Wildman–Crippen LogP) is 0.610. The molecule has 1 aromatic heterocycles. The second-order valence-corrected chi connectivity index (χ2v) is 3.86. The summed E-state index contributed by atoms with van der Waals surface area (Å²) in [6.07, 6.45) is -0.501. The van der Waals surface area contributed by atoms with E-state index in [0.717, 1.165) is 5.69 Å². The smallest absolute Gasteiger partial charge is 0.224 e. The van der Waals surface area contributed by atoms with Crippen LogP contribution in [-0.2, 0) is 4.74 Å². The van der Waals surface area contributed by atoms with Crippen LogP contribution in [0.4, 0.5) is 5.82 Å². The minimum atomic E-state index is -0.501. The first-order valence-corrected chi connectivity index (χ1v) is 5.06. The molecule has 1 fully saturated rings. The molecule has 82 valence electrons. The molecule has 0 saturated carbocycles. The number of hydrogen-bond acceptors (Lipinski definition) is 5. The van der Waals surface area contributed by atoms with Crippen LogP contribution < -0.4 is 5.32 Å². The molecular weight excluding hydrogens is 218 g/mol. The summed E-state index contributed by atoms with van der Waals surface area (Å²) in [4.78, 5) is 7.96. The van der Waals surface area contributed by atoms with E-state index in [2.05, 4.69) is 15.3 Å². The molecule has 0 spiro atoms. The molecule has 1 aromatic rings. The third kappa shape index (κ3) is 2.56. The van der Waals surface area contributed by atoms with Crippen LogP contribution >= 0.6 is 11.6 Å². The molecule has 2 heterocycles. The van der Waals surface area contributed by atoms with Crippen LogP contribution in [0.15, 0.2) is 6.07 Å². The number of aryl methyl sites for hydroxylation is 1. The van der Waals surface area contributed by atoms with Gasteiger partial charge in [0.25, 0.3) is 0 Å². The van der Waals surface area contributed by atoms with Crippen molar-refractivity contribution in [2.45, 2.75) is 19.1 Å². The highest BCUT2D eigenvalue weighted by Gasteiger charge is 2.26. The largest absolute Gasteiger partial charge is 0.388 e. The molecule has 1 saturated heterocycles. The topological polar surface area (TPSA) is 67.3 Å². The average Bonchev–Trinajstić information content (AvgIpc) is 2.50. The molecule has 1 aliphatic rings. The lowest BCUT2D eigenvalue weighted by atomic mass is 10.2. The van der Waals surface area contributed by atoms with E-state index in [1.807, 2.05) is 6.92 Å². The van der Waals surface area contributed by atoms with Crippen LogP contribution in [0.3, 0.4) is 0 Å². The van der Waals surface area contributed by atoms with Gasteiger partial charge in [0.1, 0.15) is 5.82 Å². The Labute approximate surface area is 92.5 Å². The van der Waals surface area contributed by atoms with E-state index in [1.165, 1.54) is 0 Å². The minimum absolute atomic E-state index is 0.129. The van der Waals surface area contributed by atoms with Crippen LogP contribution in [0.2, 0.25) is 5.28 Å². The third-order valence-electron chi connectivity index (χ3n) is 2.21. The lowest BCUT2D eigenvalue weighted by Crippen LogP contribution is -2.32. The maximum atomic E-state index is 9.52. The summed E-state index contributed by atoms with van der Waals surface area (Å²) in [7, 11) is 0. The van der Waals surface area contributed by atoms with Crippen LogP contribution in [0.1, 0.15) is 5.69 Å². The Balaban J connectivity index is 2.10. The van der Waals surface area contributed by atoms with Crippen molar-refractivity contribution >= 4 is 17.4 Å². The molecule has 2 rings (SSSR count). The number of aromatic nitrogens is 2. The third-order valence-corrected chi connectivity index (χ3v) is 2.38. The monoisotopic (exact) mass is 229 g/mol. The molecule has 0 aliphatic carbocycles. The first-order chi connectivity index (χ1) is 7.15. The number of ether oxygens (including phenoxy) is 1.